The number of hydrogen-bond acceptors (Lipinski definition) is 5. The Bertz CT molecular complexity index is 1600. The molecule has 0 spiro atoms. The minimum Gasteiger partial charge on any atom is -0.462 e. The number of rotatable bonds is 9. The van der Waals surface area contributed by atoms with Crippen LogP contribution in [0.3, 0.4) is 0 Å². The normalized spacial score (nSPS) is 16.5. The van der Waals surface area contributed by atoms with Gasteiger partial charge in [-0.25, -0.2) is 9.18 Å². The summed E-state index contributed by atoms with van der Waals surface area (Å²) >= 11 is 0. The Kier molecular flexibility index (Phi) is 8.90. The smallest absolute Gasteiger partial charge is 0.462 e. The minimum absolute atomic E-state index is 0.106. The molecule has 2 unspecified atom stereocenters. The van der Waals surface area contributed by atoms with Crippen molar-refractivity contribution in [1.29, 1.82) is 0 Å². The van der Waals surface area contributed by atoms with Crippen LogP contribution in [-0.2, 0) is 20.8 Å². The molecule has 0 bridgehead atoms. The first-order valence-electron chi connectivity index (χ1n) is 14.2. The van der Waals surface area contributed by atoms with Crippen LogP contribution in [0, 0.1) is 5.82 Å². The number of nitrogens with zero attached hydrogens (tertiary/aromatic N) is 1. The van der Waals surface area contributed by atoms with Crippen molar-refractivity contribution in [2.75, 3.05) is 5.32 Å². The average Bonchev–Trinajstić information content (AvgIpc) is 3.32. The van der Waals surface area contributed by atoms with Gasteiger partial charge in [-0.05, 0) is 53.4 Å². The number of carboxylic acid groups (broad SMARTS) is 1. The van der Waals surface area contributed by atoms with E-state index in [1.165, 1.54) is 12.1 Å². The molecule has 1 saturated heterocycles. The first-order chi connectivity index (χ1) is 20.7. The summed E-state index contributed by atoms with van der Waals surface area (Å²) < 4.78 is 26.6. The van der Waals surface area contributed by atoms with Gasteiger partial charge >= 0.3 is 12.1 Å². The maximum atomic E-state index is 14.2. The predicted octanol–water partition coefficient (Wildman–Crippen LogP) is 7.50. The van der Waals surface area contributed by atoms with Crippen LogP contribution in [0.5, 0.6) is 0 Å². The number of carbonyl (C=O) groups excluding carboxylic acids is 2. The van der Waals surface area contributed by atoms with E-state index >= 15 is 0 Å². The van der Waals surface area contributed by atoms with E-state index in [9.17, 15) is 18.8 Å². The molecule has 8 nitrogen and oxygen atoms in total. The highest BCUT2D eigenvalue weighted by Crippen LogP contribution is 2.43. The zero-order valence-electron chi connectivity index (χ0n) is 24.0. The number of benzene rings is 3. The van der Waals surface area contributed by atoms with Gasteiger partial charge in [-0.2, -0.15) is 0 Å². The topological polar surface area (TPSA) is 107 Å². The number of carbonyl (C=O) groups is 3. The summed E-state index contributed by atoms with van der Waals surface area (Å²) in [4.78, 5) is 37.6. The zero-order chi connectivity index (χ0) is 30.5. The molecule has 4 aromatic rings. The summed E-state index contributed by atoms with van der Waals surface area (Å²) in [5.74, 6) is -1.29. The molecule has 1 fully saturated rings. The summed E-state index contributed by atoms with van der Waals surface area (Å²) in [5.41, 5.74) is 4.89. The lowest BCUT2D eigenvalue weighted by molar-refractivity contribution is -0.161. The van der Waals surface area contributed by atoms with Crippen LogP contribution in [0.4, 0.5) is 14.9 Å². The first-order valence-corrected chi connectivity index (χ1v) is 14.2. The van der Waals surface area contributed by atoms with Crippen LogP contribution < -0.4 is 5.32 Å². The minimum atomic E-state index is -1.44. The maximum Gasteiger partial charge on any atom is 0.506 e. The summed E-state index contributed by atoms with van der Waals surface area (Å²) in [6.45, 7) is 4.35. The summed E-state index contributed by atoms with van der Waals surface area (Å²) in [7, 11) is 0. The van der Waals surface area contributed by atoms with Gasteiger partial charge in [0.15, 0.2) is 0 Å². The van der Waals surface area contributed by atoms with E-state index in [2.05, 4.69) is 9.88 Å². The molecule has 2 N–H and O–H groups in total. The van der Waals surface area contributed by atoms with Crippen LogP contribution in [0.1, 0.15) is 55.1 Å². The molecule has 222 valence electrons. The lowest BCUT2D eigenvalue weighted by Crippen LogP contribution is -2.36. The fraction of sp³-hybridized carbons (Fsp3) is 0.265. The van der Waals surface area contributed by atoms with E-state index in [1.807, 2.05) is 74.5 Å². The summed E-state index contributed by atoms with van der Waals surface area (Å²) in [6.07, 6.45) is -2.37. The third kappa shape index (κ3) is 6.77. The highest BCUT2D eigenvalue weighted by molar-refractivity contribution is 6.12. The number of halogens is 1. The van der Waals surface area contributed by atoms with Gasteiger partial charge < -0.3 is 24.5 Å². The van der Waals surface area contributed by atoms with Gasteiger partial charge in [-0.1, -0.05) is 62.4 Å². The number of hydrogen-bond donors (Lipinski definition) is 2. The Morgan fingerprint density at radius 1 is 1.00 bits per heavy atom. The Labute approximate surface area is 249 Å². The van der Waals surface area contributed by atoms with Gasteiger partial charge in [0.25, 0.3) is 5.91 Å². The molecule has 0 aliphatic carbocycles. The molecule has 3 aromatic carbocycles. The second-order valence-corrected chi connectivity index (χ2v) is 10.8. The van der Waals surface area contributed by atoms with Crippen molar-refractivity contribution in [3.8, 4) is 22.4 Å². The Balaban J connectivity index is 1.66. The molecule has 9 heteroatoms. The zero-order valence-corrected chi connectivity index (χ0v) is 24.0. The Hall–Kier alpha value is -4.92. The number of anilines is 1. The van der Waals surface area contributed by atoms with Crippen molar-refractivity contribution in [3.05, 3.63) is 102 Å². The Morgan fingerprint density at radius 3 is 2.28 bits per heavy atom. The second-order valence-electron chi connectivity index (χ2n) is 10.8. The van der Waals surface area contributed by atoms with Crippen LogP contribution in [0.15, 0.2) is 84.9 Å². The fourth-order valence-electron chi connectivity index (χ4n) is 5.73. The number of cyclic esters (lactones) is 1. The largest absolute Gasteiger partial charge is 0.506 e. The third-order valence-corrected chi connectivity index (χ3v) is 7.45. The Morgan fingerprint density at radius 2 is 1.65 bits per heavy atom. The van der Waals surface area contributed by atoms with E-state index in [-0.39, 0.29) is 30.5 Å². The van der Waals surface area contributed by atoms with Gasteiger partial charge in [0, 0.05) is 36.3 Å². The number of nitrogens with one attached hydrogen (secondary N) is 1. The van der Waals surface area contributed by atoms with Crippen molar-refractivity contribution in [2.24, 2.45) is 0 Å². The van der Waals surface area contributed by atoms with Crippen LogP contribution in [-0.4, -0.2) is 39.9 Å². The second kappa shape index (κ2) is 12.9. The highest BCUT2D eigenvalue weighted by Gasteiger charge is 2.34. The van der Waals surface area contributed by atoms with Crippen molar-refractivity contribution in [2.45, 2.75) is 57.8 Å². The molecule has 0 saturated carbocycles. The van der Waals surface area contributed by atoms with E-state index in [4.69, 9.17) is 14.6 Å². The van der Waals surface area contributed by atoms with Crippen molar-refractivity contribution in [1.82, 2.24) is 4.57 Å². The van der Waals surface area contributed by atoms with Gasteiger partial charge in [0.2, 0.25) is 0 Å². The van der Waals surface area contributed by atoms with Gasteiger partial charge in [0.05, 0.1) is 17.7 Å². The molecule has 0 radical (unpaired) electrons. The molecule has 1 amide bonds. The van der Waals surface area contributed by atoms with E-state index in [0.717, 1.165) is 17.0 Å². The lowest BCUT2D eigenvalue weighted by atomic mass is 9.94. The molecule has 1 aromatic heterocycles. The van der Waals surface area contributed by atoms with Gasteiger partial charge in [-0.15, -0.1) is 0 Å². The van der Waals surface area contributed by atoms with Gasteiger partial charge in [-0.3, -0.25) is 9.59 Å². The lowest BCUT2D eigenvalue weighted by Gasteiger charge is -2.28. The van der Waals surface area contributed by atoms with Crippen LogP contribution in [0.2, 0.25) is 0 Å². The molecule has 2 heterocycles. The highest BCUT2D eigenvalue weighted by atomic mass is 19.1. The van der Waals surface area contributed by atoms with Crippen molar-refractivity contribution in [3.63, 3.8) is 0 Å². The molecule has 5 rings (SSSR count). The van der Waals surface area contributed by atoms with Crippen LogP contribution in [0.25, 0.3) is 22.4 Å². The summed E-state index contributed by atoms with van der Waals surface area (Å²) in [5, 5.41) is 12.1. The predicted molar refractivity (Wildman–Crippen MR) is 160 cm³/mol. The average molecular weight is 585 g/mol. The number of esters is 1. The monoisotopic (exact) mass is 584 g/mol. The summed E-state index contributed by atoms with van der Waals surface area (Å²) in [6, 6.07) is 24.9. The fourth-order valence-corrected chi connectivity index (χ4v) is 5.73. The number of amides is 1. The van der Waals surface area contributed by atoms with Crippen molar-refractivity contribution < 1.29 is 33.4 Å². The maximum absolute atomic E-state index is 14.2. The van der Waals surface area contributed by atoms with Crippen LogP contribution >= 0.6 is 0 Å². The number of ether oxygens (including phenoxy) is 2. The number of aromatic nitrogens is 1. The number of para-hydroxylation sites is 1. The molecule has 1 aliphatic rings. The van der Waals surface area contributed by atoms with Crippen molar-refractivity contribution >= 4 is 23.7 Å². The van der Waals surface area contributed by atoms with E-state index in [1.54, 1.807) is 12.1 Å². The quantitative estimate of drug-likeness (QED) is 0.197. The molecule has 1 aliphatic heterocycles. The van der Waals surface area contributed by atoms with Gasteiger partial charge in [0.1, 0.15) is 18.0 Å². The molecule has 43 heavy (non-hydrogen) atoms. The molecular weight excluding hydrogens is 551 g/mol. The molecule has 2 atom stereocenters. The van der Waals surface area contributed by atoms with E-state index < -0.39 is 24.3 Å². The SMILES string of the molecule is CC(C)c1c(C(=O)Nc2ccccc2)c(-c2ccccc2)c(-c2ccc(F)cc2)n1CCC1CC(OC(=O)O)CC(=O)O1. The first kappa shape index (κ1) is 29.6. The third-order valence-electron chi connectivity index (χ3n) is 7.45. The standard InChI is InChI=1S/C34H33FN2O6/c1-21(2)31-30(33(39)36-25-11-7-4-8-12-25)29(22-9-5-3-6-10-22)32(23-13-15-24(35)16-14-23)37(31)18-17-26-19-27(43-34(40)41)20-28(38)42-26/h3-16,21,26-27H,17-20H2,1-2H3,(H,36,39)(H,40,41). The molecular formula is C34H33FN2O6. The van der Waals surface area contributed by atoms with E-state index in [0.29, 0.717) is 35.3 Å².